The molecule has 0 spiro atoms. The Morgan fingerprint density at radius 1 is 0.380 bits per heavy atom. The highest BCUT2D eigenvalue weighted by molar-refractivity contribution is 6.00. The standard InChI is InChI=1S/C49H37N/c1-49(2)46-19-11-9-18-44(46)45-32-26-39-33-38(25-31-43(39)48(45)49)42-17-10-12-20-47(42)50(40-27-21-36(22-28-40)34-13-5-3-6-14-34)41-29-23-37(24-30-41)35-15-7-4-8-16-35/h3-33H,1-2H3. The van der Waals surface area contributed by atoms with Gasteiger partial charge in [0.05, 0.1) is 5.69 Å². The van der Waals surface area contributed by atoms with E-state index in [-0.39, 0.29) is 5.41 Å². The highest BCUT2D eigenvalue weighted by atomic mass is 15.1. The molecule has 1 aliphatic carbocycles. The molecule has 0 N–H and O–H groups in total. The third-order valence-corrected chi connectivity index (χ3v) is 10.5. The lowest BCUT2D eigenvalue weighted by molar-refractivity contribution is 0.666. The molecule has 8 aromatic carbocycles. The molecule has 0 aromatic heterocycles. The summed E-state index contributed by atoms with van der Waals surface area (Å²) in [7, 11) is 0. The van der Waals surface area contributed by atoms with Crippen molar-refractivity contribution < 1.29 is 0 Å². The van der Waals surface area contributed by atoms with Gasteiger partial charge in [-0.3, -0.25) is 0 Å². The monoisotopic (exact) mass is 639 g/mol. The lowest BCUT2D eigenvalue weighted by atomic mass is 9.80. The largest absolute Gasteiger partial charge is 0.310 e. The first-order valence-corrected chi connectivity index (χ1v) is 17.4. The van der Waals surface area contributed by atoms with E-state index < -0.39 is 0 Å². The molecule has 238 valence electrons. The molecule has 0 heterocycles. The molecule has 1 heteroatoms. The van der Waals surface area contributed by atoms with Gasteiger partial charge in [-0.15, -0.1) is 0 Å². The first-order chi connectivity index (χ1) is 24.6. The third kappa shape index (κ3) is 5.02. The summed E-state index contributed by atoms with van der Waals surface area (Å²) in [5, 5.41) is 2.60. The number of hydrogen-bond donors (Lipinski definition) is 0. The van der Waals surface area contributed by atoms with E-state index in [4.69, 9.17) is 0 Å². The van der Waals surface area contributed by atoms with Crippen molar-refractivity contribution in [3.05, 3.63) is 199 Å². The van der Waals surface area contributed by atoms with Gasteiger partial charge >= 0.3 is 0 Å². The number of fused-ring (bicyclic) bond motifs is 5. The minimum absolute atomic E-state index is 0.0561. The van der Waals surface area contributed by atoms with Crippen molar-refractivity contribution in [2.24, 2.45) is 0 Å². The molecule has 0 atom stereocenters. The van der Waals surface area contributed by atoms with E-state index in [1.807, 2.05) is 0 Å². The average molecular weight is 640 g/mol. The zero-order valence-corrected chi connectivity index (χ0v) is 28.3. The van der Waals surface area contributed by atoms with Crippen molar-refractivity contribution in [3.8, 4) is 44.5 Å². The van der Waals surface area contributed by atoms with Crippen molar-refractivity contribution in [2.75, 3.05) is 4.90 Å². The molecule has 0 aliphatic heterocycles. The van der Waals surface area contributed by atoms with E-state index in [2.05, 4.69) is 207 Å². The maximum atomic E-state index is 2.39. The highest BCUT2D eigenvalue weighted by Crippen LogP contribution is 2.52. The predicted octanol–water partition coefficient (Wildman–Crippen LogP) is 13.6. The van der Waals surface area contributed by atoms with Crippen molar-refractivity contribution in [1.82, 2.24) is 0 Å². The molecule has 8 aromatic rings. The van der Waals surface area contributed by atoms with Crippen molar-refractivity contribution in [2.45, 2.75) is 19.3 Å². The van der Waals surface area contributed by atoms with Gasteiger partial charge in [-0.05, 0) is 97.2 Å². The van der Waals surface area contributed by atoms with Gasteiger partial charge in [0.15, 0.2) is 0 Å². The molecular formula is C49H37N. The van der Waals surface area contributed by atoms with Crippen LogP contribution in [0.15, 0.2) is 188 Å². The summed E-state index contributed by atoms with van der Waals surface area (Å²) in [4.78, 5) is 2.39. The summed E-state index contributed by atoms with van der Waals surface area (Å²) in [5.41, 5.74) is 16.1. The first kappa shape index (κ1) is 29.9. The van der Waals surface area contributed by atoms with Gasteiger partial charge in [0, 0.05) is 22.4 Å². The Balaban J connectivity index is 1.17. The van der Waals surface area contributed by atoms with Gasteiger partial charge in [-0.2, -0.15) is 0 Å². The van der Waals surface area contributed by atoms with E-state index in [1.165, 1.54) is 66.4 Å². The molecule has 1 nitrogen and oxygen atoms in total. The summed E-state index contributed by atoms with van der Waals surface area (Å²) in [6.07, 6.45) is 0. The number of nitrogens with zero attached hydrogens (tertiary/aromatic N) is 1. The van der Waals surface area contributed by atoms with Gasteiger partial charge in [0.25, 0.3) is 0 Å². The highest BCUT2D eigenvalue weighted by Gasteiger charge is 2.36. The molecule has 0 unspecified atom stereocenters. The molecule has 1 aliphatic rings. The lowest BCUT2D eigenvalue weighted by Crippen LogP contribution is -2.15. The molecule has 0 amide bonds. The van der Waals surface area contributed by atoms with E-state index in [9.17, 15) is 0 Å². The number of rotatable bonds is 6. The quantitative estimate of drug-likeness (QED) is 0.175. The zero-order valence-electron chi connectivity index (χ0n) is 28.3. The molecule has 0 saturated carbocycles. The predicted molar refractivity (Wildman–Crippen MR) is 213 cm³/mol. The Bertz CT molecular complexity index is 2390. The van der Waals surface area contributed by atoms with Crippen molar-refractivity contribution in [1.29, 1.82) is 0 Å². The minimum atomic E-state index is -0.0561. The summed E-state index contributed by atoms with van der Waals surface area (Å²) in [6.45, 7) is 4.73. The smallest absolute Gasteiger partial charge is 0.0540 e. The minimum Gasteiger partial charge on any atom is -0.310 e. The van der Waals surface area contributed by atoms with Gasteiger partial charge in [0.2, 0.25) is 0 Å². The topological polar surface area (TPSA) is 3.24 Å². The van der Waals surface area contributed by atoms with E-state index in [0.717, 1.165) is 17.1 Å². The Morgan fingerprint density at radius 3 is 1.50 bits per heavy atom. The van der Waals surface area contributed by atoms with Crippen LogP contribution in [-0.2, 0) is 5.41 Å². The van der Waals surface area contributed by atoms with Crippen molar-refractivity contribution >= 4 is 27.8 Å². The van der Waals surface area contributed by atoms with Crippen LogP contribution >= 0.6 is 0 Å². The molecule has 0 fully saturated rings. The summed E-state index contributed by atoms with van der Waals surface area (Å²) in [6, 6.07) is 68.4. The fourth-order valence-electron chi connectivity index (χ4n) is 8.00. The maximum Gasteiger partial charge on any atom is 0.0540 e. The number of benzene rings is 8. The van der Waals surface area contributed by atoms with E-state index >= 15 is 0 Å². The van der Waals surface area contributed by atoms with Crippen LogP contribution in [0.1, 0.15) is 25.0 Å². The van der Waals surface area contributed by atoms with Crippen LogP contribution in [0.4, 0.5) is 17.1 Å². The lowest BCUT2D eigenvalue weighted by Gasteiger charge is -2.28. The van der Waals surface area contributed by atoms with Crippen LogP contribution in [0.3, 0.4) is 0 Å². The third-order valence-electron chi connectivity index (χ3n) is 10.5. The number of para-hydroxylation sites is 1. The zero-order chi connectivity index (χ0) is 33.7. The van der Waals surface area contributed by atoms with Gasteiger partial charge < -0.3 is 4.90 Å². The average Bonchev–Trinajstić information content (AvgIpc) is 3.42. The van der Waals surface area contributed by atoms with Crippen LogP contribution < -0.4 is 4.90 Å². The molecule has 0 saturated heterocycles. The Labute approximate surface area is 294 Å². The van der Waals surface area contributed by atoms with Crippen molar-refractivity contribution in [3.63, 3.8) is 0 Å². The van der Waals surface area contributed by atoms with Crippen LogP contribution in [0.5, 0.6) is 0 Å². The van der Waals surface area contributed by atoms with Gasteiger partial charge in [-0.1, -0.05) is 166 Å². The van der Waals surface area contributed by atoms with Crippen LogP contribution in [0.25, 0.3) is 55.3 Å². The Kier molecular flexibility index (Phi) is 7.21. The second kappa shape index (κ2) is 12.1. The summed E-state index contributed by atoms with van der Waals surface area (Å²) >= 11 is 0. The first-order valence-electron chi connectivity index (χ1n) is 17.4. The number of anilines is 3. The fraction of sp³-hybridized carbons (Fsp3) is 0.0612. The molecular weight excluding hydrogens is 603 g/mol. The van der Waals surface area contributed by atoms with Crippen LogP contribution in [0, 0.1) is 0 Å². The summed E-state index contributed by atoms with van der Waals surface area (Å²) < 4.78 is 0. The SMILES string of the molecule is CC1(C)c2ccccc2-c2ccc3cc(-c4ccccc4N(c4ccc(-c5ccccc5)cc4)c4ccc(-c5ccccc5)cc4)ccc3c21. The van der Waals surface area contributed by atoms with Crippen LogP contribution in [0.2, 0.25) is 0 Å². The van der Waals surface area contributed by atoms with E-state index in [0.29, 0.717) is 0 Å². The number of hydrogen-bond acceptors (Lipinski definition) is 1. The normalized spacial score (nSPS) is 12.8. The molecule has 50 heavy (non-hydrogen) atoms. The van der Waals surface area contributed by atoms with Gasteiger partial charge in [-0.25, -0.2) is 0 Å². The van der Waals surface area contributed by atoms with Gasteiger partial charge in [0.1, 0.15) is 0 Å². The Hall–Kier alpha value is -6.18. The second-order valence-corrected chi connectivity index (χ2v) is 13.8. The summed E-state index contributed by atoms with van der Waals surface area (Å²) in [5.74, 6) is 0. The van der Waals surface area contributed by atoms with Crippen LogP contribution in [-0.4, -0.2) is 0 Å². The fourth-order valence-corrected chi connectivity index (χ4v) is 8.00. The molecule has 9 rings (SSSR count). The maximum absolute atomic E-state index is 2.39. The second-order valence-electron chi connectivity index (χ2n) is 13.8. The Morgan fingerprint density at radius 2 is 0.880 bits per heavy atom. The van der Waals surface area contributed by atoms with E-state index in [1.54, 1.807) is 0 Å². The molecule has 0 radical (unpaired) electrons. The molecule has 0 bridgehead atoms.